The molecule has 1 aliphatic heterocycles. The number of nitrogens with one attached hydrogen (secondary N) is 1. The highest BCUT2D eigenvalue weighted by atomic mass is 79.9. The van der Waals surface area contributed by atoms with E-state index in [1.807, 2.05) is 24.3 Å². The molecule has 3 aromatic rings. The maximum atomic E-state index is 12.9. The van der Waals surface area contributed by atoms with Crippen molar-refractivity contribution in [3.8, 4) is 0 Å². The molecule has 0 saturated heterocycles. The lowest BCUT2D eigenvalue weighted by Gasteiger charge is -2.18. The van der Waals surface area contributed by atoms with Crippen LogP contribution in [0.2, 0.25) is 0 Å². The first-order chi connectivity index (χ1) is 14.5. The van der Waals surface area contributed by atoms with Gasteiger partial charge in [0.25, 0.3) is 11.5 Å². The molecule has 0 saturated carbocycles. The largest absolute Gasteiger partial charge is 0.469 e. The van der Waals surface area contributed by atoms with Crippen LogP contribution in [-0.4, -0.2) is 28.5 Å². The van der Waals surface area contributed by atoms with Crippen molar-refractivity contribution < 1.29 is 14.3 Å². The first-order valence-corrected chi connectivity index (χ1v) is 10.4. The zero-order chi connectivity index (χ0) is 21.3. The van der Waals surface area contributed by atoms with E-state index in [1.165, 1.54) is 7.11 Å². The van der Waals surface area contributed by atoms with Gasteiger partial charge in [0, 0.05) is 23.0 Å². The summed E-state index contributed by atoms with van der Waals surface area (Å²) in [6.45, 7) is 0.682. The Balaban J connectivity index is 1.64. The summed E-state index contributed by atoms with van der Waals surface area (Å²) in [5, 5.41) is 3.40. The molecule has 7 nitrogen and oxygen atoms in total. The Kier molecular flexibility index (Phi) is 5.67. The molecule has 1 aliphatic rings. The molecule has 4 rings (SSSR count). The molecule has 1 aromatic heterocycles. The fraction of sp³-hybridized carbons (Fsp3) is 0.273. The first kappa shape index (κ1) is 20.3. The number of hydrogen-bond donors (Lipinski definition) is 1. The Labute approximate surface area is 181 Å². The Bertz CT molecular complexity index is 1190. The molecule has 1 amide bonds. The van der Waals surface area contributed by atoms with Crippen molar-refractivity contribution in [3.63, 3.8) is 0 Å². The van der Waals surface area contributed by atoms with Crippen LogP contribution in [0, 0.1) is 0 Å². The normalized spacial score (nSPS) is 13.7. The lowest BCUT2D eigenvalue weighted by molar-refractivity contribution is -0.141. The van der Waals surface area contributed by atoms with Crippen molar-refractivity contribution in [2.24, 2.45) is 0 Å². The number of ether oxygens (including phenoxy) is 1. The minimum atomic E-state index is -0.549. The van der Waals surface area contributed by atoms with E-state index < -0.39 is 12.0 Å². The van der Waals surface area contributed by atoms with E-state index in [4.69, 9.17) is 4.74 Å². The second-order valence-electron chi connectivity index (χ2n) is 7.18. The van der Waals surface area contributed by atoms with Gasteiger partial charge in [-0.2, -0.15) is 0 Å². The molecule has 2 aromatic carbocycles. The zero-order valence-electron chi connectivity index (χ0n) is 16.4. The Morgan fingerprint density at radius 2 is 2.00 bits per heavy atom. The molecule has 1 atom stereocenters. The molecule has 1 N–H and O–H groups in total. The molecule has 0 spiro atoms. The third-order valence-electron chi connectivity index (χ3n) is 5.25. The van der Waals surface area contributed by atoms with Crippen LogP contribution < -0.4 is 10.9 Å². The summed E-state index contributed by atoms with van der Waals surface area (Å²) < 4.78 is 7.37. The van der Waals surface area contributed by atoms with Crippen LogP contribution in [-0.2, 0) is 22.5 Å². The van der Waals surface area contributed by atoms with Crippen molar-refractivity contribution in [1.29, 1.82) is 0 Å². The topological polar surface area (TPSA) is 90.3 Å². The summed E-state index contributed by atoms with van der Waals surface area (Å²) in [5.74, 6) is -0.0217. The van der Waals surface area contributed by atoms with Crippen LogP contribution in [0.15, 0.2) is 51.7 Å². The van der Waals surface area contributed by atoms with E-state index >= 15 is 0 Å². The molecular formula is C22H20BrN3O4. The molecular weight excluding hydrogens is 450 g/mol. The quantitative estimate of drug-likeness (QED) is 0.579. The number of hydrogen-bond acceptors (Lipinski definition) is 5. The van der Waals surface area contributed by atoms with Crippen molar-refractivity contribution in [2.75, 3.05) is 7.11 Å². The monoisotopic (exact) mass is 469 g/mol. The number of methoxy groups -OCH3 is 1. The average Bonchev–Trinajstić information content (AvgIpc) is 3.22. The zero-order valence-corrected chi connectivity index (χ0v) is 17.9. The summed E-state index contributed by atoms with van der Waals surface area (Å²) in [5.41, 5.74) is 1.60. The number of aryl methyl sites for hydroxylation is 1. The molecule has 0 aliphatic carbocycles. The van der Waals surface area contributed by atoms with Gasteiger partial charge in [-0.05, 0) is 42.3 Å². The number of carbonyl (C=O) groups excluding carboxylic acids is 2. The number of fused-ring (bicyclic) bond motifs is 2. The van der Waals surface area contributed by atoms with E-state index in [0.717, 1.165) is 28.7 Å². The maximum Gasteiger partial charge on any atom is 0.307 e. The number of aromatic nitrogens is 2. The summed E-state index contributed by atoms with van der Waals surface area (Å²) in [4.78, 5) is 42.0. The number of amides is 1. The molecule has 0 radical (unpaired) electrons. The molecule has 154 valence electrons. The predicted molar refractivity (Wildman–Crippen MR) is 115 cm³/mol. The number of halogens is 1. The van der Waals surface area contributed by atoms with Crippen molar-refractivity contribution in [2.45, 2.75) is 31.8 Å². The maximum absolute atomic E-state index is 12.9. The number of rotatable bonds is 5. The summed E-state index contributed by atoms with van der Waals surface area (Å²) in [6, 6.07) is 11.7. The lowest BCUT2D eigenvalue weighted by Crippen LogP contribution is -2.30. The van der Waals surface area contributed by atoms with Gasteiger partial charge in [0.05, 0.1) is 30.5 Å². The van der Waals surface area contributed by atoms with Crippen LogP contribution in [0.5, 0.6) is 0 Å². The lowest BCUT2D eigenvalue weighted by atomic mass is 10.0. The standard InChI is InChI=1S/C22H20BrN3O4/c1-30-20(27)12-17(13-4-7-15(23)8-5-13)25-21(28)14-6-9-16-18(11-14)24-19-3-2-10-26(19)22(16)29/h4-9,11,17H,2-3,10,12H2,1H3,(H,25,28). The van der Waals surface area contributed by atoms with E-state index in [2.05, 4.69) is 26.2 Å². The van der Waals surface area contributed by atoms with Gasteiger partial charge in [0.2, 0.25) is 0 Å². The molecule has 30 heavy (non-hydrogen) atoms. The van der Waals surface area contributed by atoms with Gasteiger partial charge in [-0.25, -0.2) is 4.98 Å². The van der Waals surface area contributed by atoms with Crippen LogP contribution in [0.3, 0.4) is 0 Å². The smallest absolute Gasteiger partial charge is 0.307 e. The van der Waals surface area contributed by atoms with Crippen LogP contribution in [0.4, 0.5) is 0 Å². The average molecular weight is 470 g/mol. The van der Waals surface area contributed by atoms with Gasteiger partial charge >= 0.3 is 5.97 Å². The SMILES string of the molecule is COC(=O)CC(NC(=O)c1ccc2c(=O)n3c(nc2c1)CCC3)c1ccc(Br)cc1. The third kappa shape index (κ3) is 4.00. The number of carbonyl (C=O) groups is 2. The fourth-order valence-corrected chi connectivity index (χ4v) is 3.93. The highest BCUT2D eigenvalue weighted by molar-refractivity contribution is 9.10. The highest BCUT2D eigenvalue weighted by Crippen LogP contribution is 2.22. The van der Waals surface area contributed by atoms with Crippen LogP contribution in [0.25, 0.3) is 10.9 Å². The molecule has 2 heterocycles. The van der Waals surface area contributed by atoms with Gasteiger partial charge < -0.3 is 10.1 Å². The summed E-state index contributed by atoms with van der Waals surface area (Å²) >= 11 is 3.38. The Morgan fingerprint density at radius 3 is 2.73 bits per heavy atom. The van der Waals surface area contributed by atoms with Gasteiger partial charge in [0.1, 0.15) is 5.82 Å². The minimum Gasteiger partial charge on any atom is -0.469 e. The van der Waals surface area contributed by atoms with E-state index in [0.29, 0.717) is 23.0 Å². The number of nitrogens with zero attached hydrogens (tertiary/aromatic N) is 2. The Morgan fingerprint density at radius 1 is 1.23 bits per heavy atom. The summed E-state index contributed by atoms with van der Waals surface area (Å²) in [6.07, 6.45) is 1.66. The van der Waals surface area contributed by atoms with Gasteiger partial charge in [-0.1, -0.05) is 28.1 Å². The second kappa shape index (κ2) is 8.39. The van der Waals surface area contributed by atoms with Crippen molar-refractivity contribution in [1.82, 2.24) is 14.9 Å². The van der Waals surface area contributed by atoms with Gasteiger partial charge in [-0.15, -0.1) is 0 Å². The molecule has 1 unspecified atom stereocenters. The van der Waals surface area contributed by atoms with Crippen molar-refractivity contribution >= 4 is 38.7 Å². The van der Waals surface area contributed by atoms with Crippen molar-refractivity contribution in [3.05, 3.63) is 74.2 Å². The first-order valence-electron chi connectivity index (χ1n) is 9.63. The third-order valence-corrected chi connectivity index (χ3v) is 5.78. The number of benzene rings is 2. The highest BCUT2D eigenvalue weighted by Gasteiger charge is 2.21. The second-order valence-corrected chi connectivity index (χ2v) is 8.09. The fourth-order valence-electron chi connectivity index (χ4n) is 3.66. The predicted octanol–water partition coefficient (Wildman–Crippen LogP) is 3.14. The van der Waals surface area contributed by atoms with E-state index in [9.17, 15) is 14.4 Å². The van der Waals surface area contributed by atoms with Crippen LogP contribution in [0.1, 0.15) is 40.6 Å². The summed E-state index contributed by atoms with van der Waals surface area (Å²) in [7, 11) is 1.31. The van der Waals surface area contributed by atoms with Gasteiger partial charge in [-0.3, -0.25) is 19.0 Å². The minimum absolute atomic E-state index is 0.00452. The number of esters is 1. The molecule has 8 heteroatoms. The molecule has 0 bridgehead atoms. The Hall–Kier alpha value is -3.00. The van der Waals surface area contributed by atoms with E-state index in [-0.39, 0.29) is 17.9 Å². The van der Waals surface area contributed by atoms with E-state index in [1.54, 1.807) is 22.8 Å². The van der Waals surface area contributed by atoms with Crippen LogP contribution >= 0.6 is 15.9 Å². The molecule has 0 fully saturated rings. The van der Waals surface area contributed by atoms with Gasteiger partial charge in [0.15, 0.2) is 0 Å².